The summed E-state index contributed by atoms with van der Waals surface area (Å²) < 4.78 is 0. The molecular formula is C20H27N5O2. The van der Waals surface area contributed by atoms with Crippen LogP contribution >= 0.6 is 0 Å². The maximum Gasteiger partial charge on any atom is 0.279 e. The number of pyridine rings is 1. The number of hydrogen-bond donors (Lipinski definition) is 1. The van der Waals surface area contributed by atoms with Gasteiger partial charge >= 0.3 is 0 Å². The molecule has 0 saturated carbocycles. The molecule has 0 bridgehead atoms. The van der Waals surface area contributed by atoms with Crippen LogP contribution in [0.15, 0.2) is 29.3 Å². The van der Waals surface area contributed by atoms with Crippen LogP contribution in [0.3, 0.4) is 0 Å². The summed E-state index contributed by atoms with van der Waals surface area (Å²) in [5.74, 6) is 0.276. The largest absolute Gasteiger partial charge is 0.371 e. The Morgan fingerprint density at radius 1 is 1.26 bits per heavy atom. The molecule has 0 aliphatic carbocycles. The highest BCUT2D eigenvalue weighted by molar-refractivity contribution is 5.91. The number of aromatic amines is 1. The SMILES string of the molecule is Cc1nc(C(=O)N(C)CCC2CCN(c3ccncc3)CC2)c(=O)[nH]c1C. The van der Waals surface area contributed by atoms with Crippen LogP contribution < -0.4 is 10.5 Å². The molecule has 3 rings (SSSR count). The topological polar surface area (TPSA) is 82.2 Å². The van der Waals surface area contributed by atoms with Gasteiger partial charge in [0.15, 0.2) is 5.69 Å². The normalized spacial score (nSPS) is 15.0. The zero-order valence-electron chi connectivity index (χ0n) is 16.2. The Morgan fingerprint density at radius 3 is 2.59 bits per heavy atom. The van der Waals surface area contributed by atoms with Crippen molar-refractivity contribution in [2.75, 3.05) is 31.6 Å². The van der Waals surface area contributed by atoms with Gasteiger partial charge in [0.2, 0.25) is 0 Å². The number of nitrogens with one attached hydrogen (secondary N) is 1. The van der Waals surface area contributed by atoms with E-state index in [0.717, 1.165) is 32.4 Å². The number of nitrogens with zero attached hydrogens (tertiary/aromatic N) is 4. The van der Waals surface area contributed by atoms with E-state index in [2.05, 4.69) is 19.9 Å². The van der Waals surface area contributed by atoms with Gasteiger partial charge in [-0.2, -0.15) is 0 Å². The van der Waals surface area contributed by atoms with E-state index in [-0.39, 0.29) is 11.6 Å². The lowest BCUT2D eigenvalue weighted by molar-refractivity contribution is 0.0777. The number of rotatable bonds is 5. The Hall–Kier alpha value is -2.70. The Morgan fingerprint density at radius 2 is 1.93 bits per heavy atom. The third-order valence-electron chi connectivity index (χ3n) is 5.40. The third kappa shape index (κ3) is 4.53. The fourth-order valence-electron chi connectivity index (χ4n) is 3.46. The first-order valence-electron chi connectivity index (χ1n) is 9.43. The molecule has 1 N–H and O–H groups in total. The van der Waals surface area contributed by atoms with Gasteiger partial charge in [0, 0.05) is 50.5 Å². The number of piperidine rings is 1. The van der Waals surface area contributed by atoms with Gasteiger partial charge in [0.1, 0.15) is 0 Å². The highest BCUT2D eigenvalue weighted by Crippen LogP contribution is 2.24. The second-order valence-corrected chi connectivity index (χ2v) is 7.28. The molecule has 0 spiro atoms. The molecule has 144 valence electrons. The van der Waals surface area contributed by atoms with Gasteiger partial charge in [-0.15, -0.1) is 0 Å². The summed E-state index contributed by atoms with van der Waals surface area (Å²) in [5.41, 5.74) is 2.15. The average molecular weight is 369 g/mol. The van der Waals surface area contributed by atoms with Gasteiger partial charge < -0.3 is 14.8 Å². The van der Waals surface area contributed by atoms with Crippen LogP contribution in [0.25, 0.3) is 0 Å². The molecule has 27 heavy (non-hydrogen) atoms. The molecule has 3 heterocycles. The van der Waals surface area contributed by atoms with Crippen LogP contribution in [-0.4, -0.2) is 52.4 Å². The summed E-state index contributed by atoms with van der Waals surface area (Å²) in [4.78, 5) is 39.5. The molecule has 0 atom stereocenters. The molecule has 1 saturated heterocycles. The molecule has 1 aliphatic rings. The van der Waals surface area contributed by atoms with Crippen LogP contribution in [-0.2, 0) is 0 Å². The second kappa shape index (κ2) is 8.33. The molecule has 2 aromatic rings. The smallest absolute Gasteiger partial charge is 0.279 e. The molecule has 1 fully saturated rings. The van der Waals surface area contributed by atoms with E-state index in [4.69, 9.17) is 0 Å². The summed E-state index contributed by atoms with van der Waals surface area (Å²) in [6.07, 6.45) is 6.80. The Labute approximate surface area is 159 Å². The van der Waals surface area contributed by atoms with E-state index < -0.39 is 5.56 Å². The summed E-state index contributed by atoms with van der Waals surface area (Å²) in [6.45, 7) is 6.24. The molecule has 7 heteroatoms. The number of carbonyl (C=O) groups excluding carboxylic acids is 1. The molecule has 2 aromatic heterocycles. The van der Waals surface area contributed by atoms with Crippen LogP contribution in [0.5, 0.6) is 0 Å². The lowest BCUT2D eigenvalue weighted by Gasteiger charge is -2.34. The zero-order valence-corrected chi connectivity index (χ0v) is 16.2. The monoisotopic (exact) mass is 369 g/mol. The lowest BCUT2D eigenvalue weighted by atomic mass is 9.93. The second-order valence-electron chi connectivity index (χ2n) is 7.28. The van der Waals surface area contributed by atoms with Crippen molar-refractivity contribution in [2.45, 2.75) is 33.1 Å². The van der Waals surface area contributed by atoms with E-state index in [1.807, 2.05) is 24.5 Å². The zero-order chi connectivity index (χ0) is 19.4. The van der Waals surface area contributed by atoms with Gasteiger partial charge in [0.25, 0.3) is 11.5 Å². The van der Waals surface area contributed by atoms with E-state index in [9.17, 15) is 9.59 Å². The van der Waals surface area contributed by atoms with Crippen molar-refractivity contribution >= 4 is 11.6 Å². The minimum atomic E-state index is -0.416. The van der Waals surface area contributed by atoms with Crippen LogP contribution in [0.4, 0.5) is 5.69 Å². The maximum atomic E-state index is 12.6. The van der Waals surface area contributed by atoms with E-state index in [1.165, 1.54) is 5.69 Å². The first kappa shape index (κ1) is 19.1. The summed E-state index contributed by atoms with van der Waals surface area (Å²) in [6, 6.07) is 4.09. The maximum absolute atomic E-state index is 12.6. The van der Waals surface area contributed by atoms with E-state index >= 15 is 0 Å². The number of hydrogen-bond acceptors (Lipinski definition) is 5. The summed E-state index contributed by atoms with van der Waals surface area (Å²) >= 11 is 0. The Kier molecular flexibility index (Phi) is 5.88. The van der Waals surface area contributed by atoms with Gasteiger partial charge in [-0.1, -0.05) is 0 Å². The number of H-pyrrole nitrogens is 1. The van der Waals surface area contributed by atoms with Gasteiger partial charge in [0.05, 0.1) is 5.69 Å². The van der Waals surface area contributed by atoms with Crippen molar-refractivity contribution in [1.82, 2.24) is 19.9 Å². The highest BCUT2D eigenvalue weighted by Gasteiger charge is 2.22. The summed E-state index contributed by atoms with van der Waals surface area (Å²) in [7, 11) is 1.74. The number of amides is 1. The average Bonchev–Trinajstić information content (AvgIpc) is 2.69. The number of carbonyl (C=O) groups is 1. The van der Waals surface area contributed by atoms with Crippen molar-refractivity contribution in [3.05, 3.63) is 52.0 Å². The molecule has 1 amide bonds. The molecular weight excluding hydrogens is 342 g/mol. The summed E-state index contributed by atoms with van der Waals surface area (Å²) in [5, 5.41) is 0. The predicted molar refractivity (Wildman–Crippen MR) is 105 cm³/mol. The van der Waals surface area contributed by atoms with E-state index in [1.54, 1.807) is 25.8 Å². The van der Waals surface area contributed by atoms with Crippen LogP contribution in [0.1, 0.15) is 41.1 Å². The number of aryl methyl sites for hydroxylation is 2. The minimum Gasteiger partial charge on any atom is -0.371 e. The number of aromatic nitrogens is 3. The Balaban J connectivity index is 1.51. The standard InChI is InChI=1S/C20H27N5O2/c1-14-15(2)23-19(26)18(22-14)20(27)24(3)11-6-16-7-12-25(13-8-16)17-4-9-21-10-5-17/h4-5,9-10,16H,6-8,11-13H2,1-3H3,(H,23,26). The number of anilines is 1. The lowest BCUT2D eigenvalue weighted by Crippen LogP contribution is -2.37. The first-order valence-corrected chi connectivity index (χ1v) is 9.43. The quantitative estimate of drug-likeness (QED) is 0.873. The van der Waals surface area contributed by atoms with E-state index in [0.29, 0.717) is 23.9 Å². The fourth-order valence-corrected chi connectivity index (χ4v) is 3.46. The van der Waals surface area contributed by atoms with Crippen molar-refractivity contribution in [3.8, 4) is 0 Å². The molecule has 7 nitrogen and oxygen atoms in total. The van der Waals surface area contributed by atoms with Crippen molar-refractivity contribution in [2.24, 2.45) is 5.92 Å². The van der Waals surface area contributed by atoms with Gasteiger partial charge in [-0.3, -0.25) is 14.6 Å². The fraction of sp³-hybridized carbons (Fsp3) is 0.500. The molecule has 0 aromatic carbocycles. The predicted octanol–water partition coefficient (Wildman–Crippen LogP) is 2.16. The first-order chi connectivity index (χ1) is 13.0. The van der Waals surface area contributed by atoms with Crippen molar-refractivity contribution in [3.63, 3.8) is 0 Å². The minimum absolute atomic E-state index is 0.0203. The molecule has 0 radical (unpaired) electrons. The molecule has 1 aliphatic heterocycles. The van der Waals surface area contributed by atoms with Crippen molar-refractivity contribution in [1.29, 1.82) is 0 Å². The van der Waals surface area contributed by atoms with Gasteiger partial charge in [-0.25, -0.2) is 4.98 Å². The van der Waals surface area contributed by atoms with Crippen LogP contribution in [0, 0.1) is 19.8 Å². The third-order valence-corrected chi connectivity index (χ3v) is 5.40. The molecule has 0 unspecified atom stereocenters. The van der Waals surface area contributed by atoms with Crippen molar-refractivity contribution < 1.29 is 4.79 Å². The van der Waals surface area contributed by atoms with Crippen LogP contribution in [0.2, 0.25) is 0 Å². The van der Waals surface area contributed by atoms with Gasteiger partial charge in [-0.05, 0) is 51.2 Å². The Bertz CT molecular complexity index is 841. The highest BCUT2D eigenvalue weighted by atomic mass is 16.2.